The Bertz CT molecular complexity index is 1050. The monoisotopic (exact) mass is 693 g/mol. The molecule has 3 rings (SSSR count). The van der Waals surface area contributed by atoms with Crippen LogP contribution >= 0.6 is 0 Å². The van der Waals surface area contributed by atoms with Gasteiger partial charge in [0.2, 0.25) is 0 Å². The number of cyclic esters (lactones) is 1. The highest BCUT2D eigenvalue weighted by atomic mass is 28.4. The molecule has 0 aromatic carbocycles. The first-order valence-electron chi connectivity index (χ1n) is 19.4. The number of Topliss-reactive ketones (excluding diaryl/α,β-unsaturated/α-hetero) is 2. The Morgan fingerprint density at radius 1 is 0.872 bits per heavy atom. The topological polar surface area (TPSA) is 81.9 Å². The minimum Gasteiger partial charge on any atom is -0.454 e. The van der Waals surface area contributed by atoms with Crippen LogP contribution in [0.5, 0.6) is 0 Å². The lowest BCUT2D eigenvalue weighted by molar-refractivity contribution is -0.159. The van der Waals surface area contributed by atoms with Crippen LogP contribution in [0.1, 0.15) is 128 Å². The fourth-order valence-electron chi connectivity index (χ4n) is 8.63. The van der Waals surface area contributed by atoms with E-state index >= 15 is 0 Å². The highest BCUT2D eigenvalue weighted by Crippen LogP contribution is 2.51. The van der Waals surface area contributed by atoms with E-state index in [9.17, 15) is 14.4 Å². The molecule has 0 aromatic rings. The Hall–Kier alpha value is -0.876. The molecule has 1 saturated carbocycles. The predicted octanol–water partition coefficient (Wildman–Crippen LogP) is 8.95. The Morgan fingerprint density at radius 2 is 1.40 bits per heavy atom. The third kappa shape index (κ3) is 9.27. The van der Waals surface area contributed by atoms with Crippen LogP contribution < -0.4 is 0 Å². The maximum absolute atomic E-state index is 14.8. The van der Waals surface area contributed by atoms with Crippen molar-refractivity contribution in [3.63, 3.8) is 0 Å². The number of fused-ring (bicyclic) bond motifs is 1. The maximum atomic E-state index is 14.8. The molecule has 0 bridgehead atoms. The summed E-state index contributed by atoms with van der Waals surface area (Å²) < 4.78 is 20.4. The van der Waals surface area contributed by atoms with Crippen LogP contribution in [0, 0.1) is 23.2 Å². The molecule has 0 amide bonds. The third-order valence-corrected chi connectivity index (χ3v) is 22.5. The molecular formula is C38H71NO6Si2. The number of nitrogens with zero attached hydrogens (tertiary/aromatic N) is 1. The lowest BCUT2D eigenvalue weighted by Gasteiger charge is -2.44. The first-order valence-corrected chi connectivity index (χ1v) is 24.4. The van der Waals surface area contributed by atoms with Gasteiger partial charge in [-0.15, -0.1) is 0 Å². The number of hydrogen-bond acceptors (Lipinski definition) is 7. The zero-order valence-corrected chi connectivity index (χ0v) is 34.3. The first-order chi connectivity index (χ1) is 22.0. The predicted molar refractivity (Wildman–Crippen MR) is 197 cm³/mol. The molecule has 8 atom stereocenters. The van der Waals surface area contributed by atoms with Gasteiger partial charge in [-0.3, -0.25) is 19.3 Å². The SMILES string of the molecule is CC[Si](CC)(CC)OC1[C@@H](C)CCC[C@]2(C)[C@H](C[C@@H](C(C)=O)OC(=O)CC(O[Si](CC)(CC)CC)C(C)(C)C(=O)[C@@H]1C)N2CC1CC1. The van der Waals surface area contributed by atoms with E-state index in [2.05, 4.69) is 67.2 Å². The molecule has 2 saturated heterocycles. The number of carbonyl (C=O) groups is 3. The summed E-state index contributed by atoms with van der Waals surface area (Å²) >= 11 is 0. The standard InChI is InChI=1S/C38H71NO6Si2/c1-13-46(14-2,15-3)44-33-25-34(41)43-31(29(9)40)24-32-38(12,39(32)26-30-21-22-30)23-19-20-27(7)35(28(8)36(42)37(33,10)11)45-47(16-4,17-5)18-6/h27-28,30-33,35H,13-26H2,1-12H3/t27-,28+,31-,32-,33?,35?,38+,39?/m0/s1. The molecule has 7 nitrogen and oxygen atoms in total. The number of hydrogen-bond donors (Lipinski definition) is 0. The summed E-state index contributed by atoms with van der Waals surface area (Å²) in [7, 11) is -4.24. The van der Waals surface area contributed by atoms with Gasteiger partial charge in [-0.05, 0) is 87.6 Å². The summed E-state index contributed by atoms with van der Waals surface area (Å²) in [4.78, 5) is 44.2. The second kappa shape index (κ2) is 16.4. The maximum Gasteiger partial charge on any atom is 0.309 e. The smallest absolute Gasteiger partial charge is 0.309 e. The van der Waals surface area contributed by atoms with Gasteiger partial charge < -0.3 is 13.6 Å². The lowest BCUT2D eigenvalue weighted by atomic mass is 9.73. The Kier molecular flexibility index (Phi) is 14.2. The number of ether oxygens (including phenoxy) is 1. The van der Waals surface area contributed by atoms with Crippen molar-refractivity contribution in [2.75, 3.05) is 6.54 Å². The van der Waals surface area contributed by atoms with Gasteiger partial charge in [-0.25, -0.2) is 0 Å². The summed E-state index contributed by atoms with van der Waals surface area (Å²) in [6.07, 6.45) is 4.53. The molecule has 9 heteroatoms. The summed E-state index contributed by atoms with van der Waals surface area (Å²) in [6.45, 7) is 26.5. The van der Waals surface area contributed by atoms with Crippen molar-refractivity contribution >= 4 is 34.2 Å². The molecule has 0 spiro atoms. The van der Waals surface area contributed by atoms with Gasteiger partial charge in [0, 0.05) is 35.9 Å². The Labute approximate surface area is 290 Å². The second-order valence-corrected chi connectivity index (χ2v) is 25.9. The zero-order chi connectivity index (χ0) is 35.4. The number of rotatable bonds is 13. The van der Waals surface area contributed by atoms with E-state index in [-0.39, 0.29) is 47.5 Å². The van der Waals surface area contributed by atoms with Crippen LogP contribution in [0.2, 0.25) is 36.3 Å². The van der Waals surface area contributed by atoms with E-state index in [1.54, 1.807) is 6.92 Å². The highest BCUT2D eigenvalue weighted by molar-refractivity contribution is 6.74. The van der Waals surface area contributed by atoms with E-state index < -0.39 is 40.2 Å². The summed E-state index contributed by atoms with van der Waals surface area (Å²) in [5.74, 6) is 0.179. The molecule has 0 radical (unpaired) electrons. The zero-order valence-electron chi connectivity index (χ0n) is 32.3. The molecule has 2 aliphatic heterocycles. The van der Waals surface area contributed by atoms with Gasteiger partial charge >= 0.3 is 5.97 Å². The summed E-state index contributed by atoms with van der Waals surface area (Å²) in [5.41, 5.74) is -0.945. The molecule has 0 aromatic heterocycles. The van der Waals surface area contributed by atoms with Gasteiger partial charge in [0.25, 0.3) is 0 Å². The van der Waals surface area contributed by atoms with Crippen molar-refractivity contribution in [3.8, 4) is 0 Å². The van der Waals surface area contributed by atoms with Gasteiger partial charge in [0.05, 0.1) is 18.6 Å². The van der Waals surface area contributed by atoms with E-state index in [4.69, 9.17) is 13.6 Å². The molecule has 0 N–H and O–H groups in total. The molecule has 3 unspecified atom stereocenters. The average Bonchev–Trinajstić information content (AvgIpc) is 3.97. The van der Waals surface area contributed by atoms with Crippen LogP contribution in [0.3, 0.4) is 0 Å². The van der Waals surface area contributed by atoms with Crippen LogP contribution in [0.25, 0.3) is 0 Å². The third-order valence-electron chi connectivity index (χ3n) is 13.2. The van der Waals surface area contributed by atoms with Gasteiger partial charge in [0.1, 0.15) is 5.78 Å². The van der Waals surface area contributed by atoms with Crippen LogP contribution in [-0.4, -0.2) is 75.5 Å². The Balaban J connectivity index is 2.07. The van der Waals surface area contributed by atoms with Crippen molar-refractivity contribution in [1.82, 2.24) is 4.90 Å². The quantitative estimate of drug-likeness (QED) is 0.108. The van der Waals surface area contributed by atoms with E-state index in [0.29, 0.717) is 6.42 Å². The van der Waals surface area contributed by atoms with Gasteiger partial charge in [-0.2, -0.15) is 0 Å². The first kappa shape index (κ1) is 40.6. The number of carbonyl (C=O) groups excluding carboxylic acids is 3. The molecule has 1 aliphatic carbocycles. The van der Waals surface area contributed by atoms with Crippen molar-refractivity contribution < 1.29 is 28.0 Å². The van der Waals surface area contributed by atoms with E-state index in [1.165, 1.54) is 12.8 Å². The van der Waals surface area contributed by atoms with Crippen molar-refractivity contribution in [3.05, 3.63) is 0 Å². The lowest BCUT2D eigenvalue weighted by Crippen LogP contribution is -2.53. The van der Waals surface area contributed by atoms with E-state index in [1.807, 2.05) is 13.8 Å². The summed E-state index contributed by atoms with van der Waals surface area (Å²) in [6, 6.07) is 6.09. The highest BCUT2D eigenvalue weighted by Gasteiger charge is 2.60. The van der Waals surface area contributed by atoms with Crippen LogP contribution in [-0.2, 0) is 28.0 Å². The molecule has 272 valence electrons. The van der Waals surface area contributed by atoms with Crippen LogP contribution in [0.4, 0.5) is 0 Å². The fraction of sp³-hybridized carbons (Fsp3) is 0.921. The molecular weight excluding hydrogens is 623 g/mol. The van der Waals surface area contributed by atoms with Crippen molar-refractivity contribution in [2.45, 2.75) is 194 Å². The molecule has 47 heavy (non-hydrogen) atoms. The second-order valence-electron chi connectivity index (χ2n) is 16.4. The van der Waals surface area contributed by atoms with Gasteiger partial charge in [0.15, 0.2) is 28.5 Å². The minimum atomic E-state index is -2.21. The number of esters is 1. The molecule has 2 heterocycles. The average molecular weight is 694 g/mol. The van der Waals surface area contributed by atoms with Crippen molar-refractivity contribution in [2.24, 2.45) is 23.2 Å². The Morgan fingerprint density at radius 3 is 1.89 bits per heavy atom. The molecule has 3 fully saturated rings. The van der Waals surface area contributed by atoms with Crippen LogP contribution in [0.15, 0.2) is 0 Å². The number of ketones is 2. The van der Waals surface area contributed by atoms with Crippen molar-refractivity contribution in [1.29, 1.82) is 0 Å². The molecule has 3 aliphatic rings. The summed E-state index contributed by atoms with van der Waals surface area (Å²) in [5, 5.41) is 0. The van der Waals surface area contributed by atoms with Gasteiger partial charge in [-0.1, -0.05) is 75.7 Å². The normalized spacial score (nSPS) is 34.4. The fourth-order valence-corrected chi connectivity index (χ4v) is 14.6. The minimum absolute atomic E-state index is 0.00570. The largest absolute Gasteiger partial charge is 0.454 e. The van der Waals surface area contributed by atoms with E-state index in [0.717, 1.165) is 68.0 Å².